The van der Waals surface area contributed by atoms with Gasteiger partial charge in [-0.15, -0.1) is 0 Å². The number of nitrogens with two attached hydrogens (primary N) is 1. The van der Waals surface area contributed by atoms with Crippen molar-refractivity contribution in [3.05, 3.63) is 35.9 Å². The highest BCUT2D eigenvalue weighted by Gasteiger charge is 2.31. The van der Waals surface area contributed by atoms with Gasteiger partial charge in [0.15, 0.2) is 5.82 Å². The zero-order valence-electron chi connectivity index (χ0n) is 11.5. The van der Waals surface area contributed by atoms with E-state index in [1.807, 2.05) is 18.2 Å². The van der Waals surface area contributed by atoms with Gasteiger partial charge in [0, 0.05) is 19.0 Å². The third-order valence-corrected chi connectivity index (χ3v) is 3.74. The van der Waals surface area contributed by atoms with E-state index in [0.29, 0.717) is 25.3 Å². The number of aromatic nitrogens is 2. The highest BCUT2D eigenvalue weighted by molar-refractivity contribution is 5.95. The van der Waals surface area contributed by atoms with Gasteiger partial charge in [-0.1, -0.05) is 29.8 Å². The second-order valence-corrected chi connectivity index (χ2v) is 5.32. The minimum Gasteiger partial charge on any atom is -0.330 e. The maximum absolute atomic E-state index is 12.0. The SMILES string of the molecule is Cc1ccc(-c2cc(N3CC(CN)CC3=O)n[nH]2)cc1. The quantitative estimate of drug-likeness (QED) is 0.891. The minimum atomic E-state index is 0.0995. The molecule has 1 atom stereocenters. The van der Waals surface area contributed by atoms with E-state index >= 15 is 0 Å². The molecule has 2 heterocycles. The van der Waals surface area contributed by atoms with E-state index in [9.17, 15) is 4.79 Å². The molecule has 0 saturated carbocycles. The lowest BCUT2D eigenvalue weighted by molar-refractivity contribution is -0.117. The lowest BCUT2D eigenvalue weighted by Crippen LogP contribution is -2.26. The van der Waals surface area contributed by atoms with E-state index in [4.69, 9.17) is 5.73 Å². The first kappa shape index (κ1) is 12.9. The second kappa shape index (κ2) is 5.09. The standard InChI is InChI=1S/C15H18N4O/c1-10-2-4-12(5-3-10)13-7-14(18-17-13)19-9-11(8-16)6-15(19)20/h2-5,7,11H,6,8-9,16H2,1H3,(H,17,18). The molecule has 1 fully saturated rings. The zero-order valence-corrected chi connectivity index (χ0v) is 11.5. The molecule has 20 heavy (non-hydrogen) atoms. The maximum Gasteiger partial charge on any atom is 0.228 e. The van der Waals surface area contributed by atoms with Crippen molar-refractivity contribution in [3.8, 4) is 11.3 Å². The smallest absolute Gasteiger partial charge is 0.228 e. The van der Waals surface area contributed by atoms with Crippen molar-refractivity contribution in [2.24, 2.45) is 11.7 Å². The number of nitrogens with one attached hydrogen (secondary N) is 1. The van der Waals surface area contributed by atoms with Gasteiger partial charge >= 0.3 is 0 Å². The zero-order chi connectivity index (χ0) is 14.1. The van der Waals surface area contributed by atoms with Crippen LogP contribution in [0.5, 0.6) is 0 Å². The average molecular weight is 270 g/mol. The number of carbonyl (C=O) groups excluding carboxylic acids is 1. The molecule has 5 nitrogen and oxygen atoms in total. The third kappa shape index (κ3) is 2.32. The number of carbonyl (C=O) groups is 1. The Labute approximate surface area is 117 Å². The van der Waals surface area contributed by atoms with Gasteiger partial charge in [-0.2, -0.15) is 5.10 Å². The van der Waals surface area contributed by atoms with Crippen molar-refractivity contribution in [2.75, 3.05) is 18.0 Å². The van der Waals surface area contributed by atoms with Gasteiger partial charge < -0.3 is 5.73 Å². The molecule has 0 spiro atoms. The Hall–Kier alpha value is -2.14. The number of rotatable bonds is 3. The molecule has 1 aliphatic rings. The summed E-state index contributed by atoms with van der Waals surface area (Å²) < 4.78 is 0. The number of amides is 1. The van der Waals surface area contributed by atoms with E-state index in [1.165, 1.54) is 5.56 Å². The summed E-state index contributed by atoms with van der Waals surface area (Å²) in [5.41, 5.74) is 8.84. The molecule has 1 aromatic heterocycles. The Morgan fingerprint density at radius 3 is 2.80 bits per heavy atom. The van der Waals surface area contributed by atoms with Crippen LogP contribution in [-0.2, 0) is 4.79 Å². The van der Waals surface area contributed by atoms with Gasteiger partial charge in [0.1, 0.15) is 0 Å². The molecule has 3 rings (SSSR count). The van der Waals surface area contributed by atoms with Crippen molar-refractivity contribution in [3.63, 3.8) is 0 Å². The molecule has 1 unspecified atom stereocenters. The molecular formula is C15H18N4O. The van der Waals surface area contributed by atoms with Crippen LogP contribution in [-0.4, -0.2) is 29.2 Å². The monoisotopic (exact) mass is 270 g/mol. The normalized spacial score (nSPS) is 18.8. The first-order valence-corrected chi connectivity index (χ1v) is 6.80. The molecule has 104 valence electrons. The summed E-state index contributed by atoms with van der Waals surface area (Å²) in [6.45, 7) is 3.25. The Kier molecular flexibility index (Phi) is 3.28. The molecule has 1 saturated heterocycles. The van der Waals surface area contributed by atoms with Crippen LogP contribution in [0.3, 0.4) is 0 Å². The Morgan fingerprint density at radius 1 is 1.40 bits per heavy atom. The lowest BCUT2D eigenvalue weighted by Gasteiger charge is -2.12. The van der Waals surface area contributed by atoms with Crippen LogP contribution >= 0.6 is 0 Å². The van der Waals surface area contributed by atoms with Crippen molar-refractivity contribution < 1.29 is 4.79 Å². The van der Waals surface area contributed by atoms with Crippen molar-refractivity contribution in [1.82, 2.24) is 10.2 Å². The summed E-state index contributed by atoms with van der Waals surface area (Å²) in [6.07, 6.45) is 0.517. The number of aromatic amines is 1. The largest absolute Gasteiger partial charge is 0.330 e. The van der Waals surface area contributed by atoms with Gasteiger partial charge in [-0.25, -0.2) is 0 Å². The number of aryl methyl sites for hydroxylation is 1. The summed E-state index contributed by atoms with van der Waals surface area (Å²) >= 11 is 0. The van der Waals surface area contributed by atoms with E-state index in [2.05, 4.69) is 29.3 Å². The predicted molar refractivity (Wildman–Crippen MR) is 78.3 cm³/mol. The Bertz CT molecular complexity index is 617. The van der Waals surface area contributed by atoms with E-state index in [0.717, 1.165) is 11.3 Å². The Morgan fingerprint density at radius 2 is 2.15 bits per heavy atom. The van der Waals surface area contributed by atoms with Crippen LogP contribution in [0, 0.1) is 12.8 Å². The molecule has 5 heteroatoms. The number of nitrogens with zero attached hydrogens (tertiary/aromatic N) is 2. The fourth-order valence-electron chi connectivity index (χ4n) is 2.49. The van der Waals surface area contributed by atoms with Gasteiger partial charge in [0.05, 0.1) is 5.69 Å². The highest BCUT2D eigenvalue weighted by Crippen LogP contribution is 2.26. The molecule has 1 aliphatic heterocycles. The van der Waals surface area contributed by atoms with E-state index in [-0.39, 0.29) is 11.8 Å². The molecule has 0 bridgehead atoms. The highest BCUT2D eigenvalue weighted by atomic mass is 16.2. The number of anilines is 1. The van der Waals surface area contributed by atoms with Crippen LogP contribution in [0.15, 0.2) is 30.3 Å². The molecule has 3 N–H and O–H groups in total. The number of hydrogen-bond donors (Lipinski definition) is 2. The second-order valence-electron chi connectivity index (χ2n) is 5.32. The summed E-state index contributed by atoms with van der Waals surface area (Å²) in [4.78, 5) is 13.7. The van der Waals surface area contributed by atoms with Crippen LogP contribution < -0.4 is 10.6 Å². The summed E-state index contributed by atoms with van der Waals surface area (Å²) in [7, 11) is 0. The van der Waals surface area contributed by atoms with Crippen molar-refractivity contribution in [1.29, 1.82) is 0 Å². The fraction of sp³-hybridized carbons (Fsp3) is 0.333. The average Bonchev–Trinajstić information content (AvgIpc) is 3.06. The molecule has 1 aromatic carbocycles. The van der Waals surface area contributed by atoms with Gasteiger partial charge in [0.25, 0.3) is 0 Å². The Balaban J connectivity index is 1.83. The molecular weight excluding hydrogens is 252 g/mol. The summed E-state index contributed by atoms with van der Waals surface area (Å²) in [5.74, 6) is 1.02. The van der Waals surface area contributed by atoms with E-state index in [1.54, 1.807) is 4.90 Å². The summed E-state index contributed by atoms with van der Waals surface area (Å²) in [6, 6.07) is 10.1. The van der Waals surface area contributed by atoms with Crippen LogP contribution in [0.4, 0.5) is 5.82 Å². The van der Waals surface area contributed by atoms with Gasteiger partial charge in [0.2, 0.25) is 5.91 Å². The fourth-order valence-corrected chi connectivity index (χ4v) is 2.49. The van der Waals surface area contributed by atoms with Crippen LogP contribution in [0.25, 0.3) is 11.3 Å². The van der Waals surface area contributed by atoms with Gasteiger partial charge in [-0.05, 0) is 24.9 Å². The van der Waals surface area contributed by atoms with Crippen molar-refractivity contribution >= 4 is 11.7 Å². The third-order valence-electron chi connectivity index (χ3n) is 3.74. The number of hydrogen-bond acceptors (Lipinski definition) is 3. The summed E-state index contributed by atoms with van der Waals surface area (Å²) in [5, 5.41) is 7.25. The lowest BCUT2D eigenvalue weighted by atomic mass is 10.1. The minimum absolute atomic E-state index is 0.0995. The van der Waals surface area contributed by atoms with Crippen molar-refractivity contribution in [2.45, 2.75) is 13.3 Å². The molecule has 2 aromatic rings. The topological polar surface area (TPSA) is 75.0 Å². The van der Waals surface area contributed by atoms with Gasteiger partial charge in [-0.3, -0.25) is 14.8 Å². The van der Waals surface area contributed by atoms with Crippen LogP contribution in [0.2, 0.25) is 0 Å². The molecule has 0 aliphatic carbocycles. The number of H-pyrrole nitrogens is 1. The maximum atomic E-state index is 12.0. The first-order chi connectivity index (χ1) is 9.67. The molecule has 0 radical (unpaired) electrons. The molecule has 1 amide bonds. The first-order valence-electron chi connectivity index (χ1n) is 6.80. The van der Waals surface area contributed by atoms with Crippen LogP contribution in [0.1, 0.15) is 12.0 Å². The van der Waals surface area contributed by atoms with E-state index < -0.39 is 0 Å². The number of benzene rings is 1. The predicted octanol–water partition coefficient (Wildman–Crippen LogP) is 1.70.